The molecular formula is C30H25F3N7O4S+. The van der Waals surface area contributed by atoms with E-state index in [2.05, 4.69) is 25.6 Å². The third-order valence-corrected chi connectivity index (χ3v) is 7.86. The maximum atomic E-state index is 13.5. The van der Waals surface area contributed by atoms with Crippen molar-refractivity contribution in [2.24, 2.45) is 0 Å². The minimum absolute atomic E-state index is 0.00735. The lowest BCUT2D eigenvalue weighted by Crippen LogP contribution is -2.37. The molecule has 230 valence electrons. The minimum atomic E-state index is -4.74. The highest BCUT2D eigenvalue weighted by Crippen LogP contribution is 2.35. The number of pyridine rings is 1. The lowest BCUT2D eigenvalue weighted by Gasteiger charge is -2.18. The molecule has 6 rings (SSSR count). The van der Waals surface area contributed by atoms with Gasteiger partial charge in [-0.2, -0.15) is 13.2 Å². The quantitative estimate of drug-likeness (QED) is 0.0936. The molecule has 0 bridgehead atoms. The zero-order chi connectivity index (χ0) is 31.6. The van der Waals surface area contributed by atoms with Crippen LogP contribution in [0.3, 0.4) is 0 Å². The van der Waals surface area contributed by atoms with Gasteiger partial charge in [0.15, 0.2) is 5.13 Å². The van der Waals surface area contributed by atoms with Crippen LogP contribution in [-0.4, -0.2) is 44.1 Å². The van der Waals surface area contributed by atoms with E-state index in [-0.39, 0.29) is 29.0 Å². The molecule has 1 saturated heterocycles. The van der Waals surface area contributed by atoms with E-state index in [0.717, 1.165) is 22.9 Å². The van der Waals surface area contributed by atoms with E-state index in [1.807, 2.05) is 12.1 Å². The number of thiazole rings is 1. The van der Waals surface area contributed by atoms with Gasteiger partial charge in [-0.15, -0.1) is 0 Å². The lowest BCUT2D eigenvalue weighted by molar-refractivity contribution is -0.896. The number of rotatable bonds is 9. The topological polar surface area (TPSA) is 137 Å². The van der Waals surface area contributed by atoms with Crippen LogP contribution in [0.15, 0.2) is 85.5 Å². The third kappa shape index (κ3) is 6.78. The minimum Gasteiger partial charge on any atom is -0.424 e. The van der Waals surface area contributed by atoms with Crippen LogP contribution in [0.25, 0.3) is 21.7 Å². The largest absolute Gasteiger partial charge is 0.424 e. The summed E-state index contributed by atoms with van der Waals surface area (Å²) < 4.78 is 46.4. The highest BCUT2D eigenvalue weighted by Gasteiger charge is 2.37. The highest BCUT2D eigenvalue weighted by atomic mass is 32.1. The van der Waals surface area contributed by atoms with Gasteiger partial charge in [0.1, 0.15) is 17.0 Å². The number of hydrogen-bond acceptors (Lipinski definition) is 10. The number of aromatic nitrogens is 4. The van der Waals surface area contributed by atoms with Crippen LogP contribution in [0.1, 0.15) is 18.4 Å². The Bertz CT molecular complexity index is 1800. The molecular weight excluding hydrogens is 611 g/mol. The van der Waals surface area contributed by atoms with Gasteiger partial charge in [0.25, 0.3) is 5.69 Å². The molecule has 0 radical (unpaired) electrons. The fourth-order valence-electron chi connectivity index (χ4n) is 4.68. The molecule has 11 nitrogen and oxygen atoms in total. The van der Waals surface area contributed by atoms with Crippen LogP contribution in [0.2, 0.25) is 0 Å². The molecule has 3 aromatic heterocycles. The van der Waals surface area contributed by atoms with Crippen molar-refractivity contribution in [2.75, 3.05) is 22.1 Å². The maximum absolute atomic E-state index is 13.5. The summed E-state index contributed by atoms with van der Waals surface area (Å²) in [7, 11) is 0. The van der Waals surface area contributed by atoms with Crippen molar-refractivity contribution in [3.63, 3.8) is 0 Å². The second-order valence-corrected chi connectivity index (χ2v) is 10.9. The Balaban J connectivity index is 1.10. The molecule has 1 unspecified atom stereocenters. The van der Waals surface area contributed by atoms with Crippen molar-refractivity contribution in [3.05, 3.63) is 91.0 Å². The molecule has 4 heterocycles. The molecule has 45 heavy (non-hydrogen) atoms. The van der Waals surface area contributed by atoms with E-state index in [9.17, 15) is 28.3 Å². The van der Waals surface area contributed by atoms with Gasteiger partial charge in [-0.05, 0) is 54.4 Å². The standard InChI is InChI=1S/C30H25F3N7O4S/c31-30(32,33)20-13-23(26(40(43)17-20)19-5-2-1-3-6-19)38-27(42)37-21-14-34-28(35-15-21)44-22-10-8-18(9-11-22)24-16-36-29(45-24)39-12-4-7-25(39)41/h1-3,5-6,8-11,13-17,27,37-38,42-43H,4,7,12H2/q+1. The maximum Gasteiger partial charge on any atom is 0.422 e. The molecule has 0 saturated carbocycles. The number of nitrogens with zero attached hydrogens (tertiary/aromatic N) is 5. The highest BCUT2D eigenvalue weighted by molar-refractivity contribution is 7.19. The fraction of sp³-hybridized carbons (Fsp3) is 0.167. The van der Waals surface area contributed by atoms with E-state index in [0.29, 0.717) is 40.3 Å². The molecule has 1 aliphatic rings. The first kappa shape index (κ1) is 29.8. The second kappa shape index (κ2) is 12.4. The Morgan fingerprint density at radius 1 is 0.978 bits per heavy atom. The van der Waals surface area contributed by atoms with Gasteiger partial charge in [-0.1, -0.05) is 29.5 Å². The molecule has 2 aromatic carbocycles. The van der Waals surface area contributed by atoms with Gasteiger partial charge >= 0.3 is 12.2 Å². The van der Waals surface area contributed by atoms with Crippen molar-refractivity contribution in [1.29, 1.82) is 0 Å². The predicted octanol–water partition coefficient (Wildman–Crippen LogP) is 5.53. The monoisotopic (exact) mass is 636 g/mol. The van der Waals surface area contributed by atoms with Crippen LogP contribution in [0.5, 0.6) is 11.8 Å². The Hall–Kier alpha value is -5.28. The first-order chi connectivity index (χ1) is 21.6. The molecule has 1 fully saturated rings. The molecule has 15 heteroatoms. The Labute approximate surface area is 258 Å². The summed E-state index contributed by atoms with van der Waals surface area (Å²) in [6.45, 7) is 0.678. The van der Waals surface area contributed by atoms with E-state index in [1.165, 1.54) is 23.7 Å². The Morgan fingerprint density at radius 2 is 1.71 bits per heavy atom. The first-order valence-electron chi connectivity index (χ1n) is 13.6. The summed E-state index contributed by atoms with van der Waals surface area (Å²) in [6.07, 6.45) is -0.00765. The Morgan fingerprint density at radius 3 is 2.38 bits per heavy atom. The molecule has 0 spiro atoms. The second-order valence-electron chi connectivity index (χ2n) is 9.93. The summed E-state index contributed by atoms with van der Waals surface area (Å²) >= 11 is 1.44. The number of nitrogens with one attached hydrogen (secondary N) is 2. The van der Waals surface area contributed by atoms with Crippen LogP contribution in [0, 0.1) is 0 Å². The van der Waals surface area contributed by atoms with Gasteiger partial charge in [0.2, 0.25) is 18.5 Å². The molecule has 1 amide bonds. The number of halogens is 3. The van der Waals surface area contributed by atoms with Crippen molar-refractivity contribution < 1.29 is 37.7 Å². The number of benzene rings is 2. The average Bonchev–Trinajstić information content (AvgIpc) is 3.67. The van der Waals surface area contributed by atoms with Crippen LogP contribution in [0.4, 0.5) is 29.7 Å². The van der Waals surface area contributed by atoms with Crippen LogP contribution < -0.4 is 25.0 Å². The number of amides is 1. The van der Waals surface area contributed by atoms with Crippen LogP contribution >= 0.6 is 11.3 Å². The summed E-state index contributed by atoms with van der Waals surface area (Å²) in [5.41, 5.74) is 0.266. The molecule has 1 atom stereocenters. The van der Waals surface area contributed by atoms with Gasteiger partial charge in [-0.3, -0.25) is 14.9 Å². The average molecular weight is 637 g/mol. The molecule has 4 N–H and O–H groups in total. The molecule has 5 aromatic rings. The number of aliphatic hydroxyl groups is 1. The number of ether oxygens (including phenoxy) is 1. The zero-order valence-corrected chi connectivity index (χ0v) is 24.1. The first-order valence-corrected chi connectivity index (χ1v) is 14.4. The normalized spacial score (nSPS) is 14.0. The number of carbonyl (C=O) groups excluding carboxylic acids is 1. The van der Waals surface area contributed by atoms with E-state index >= 15 is 0 Å². The van der Waals surface area contributed by atoms with Crippen molar-refractivity contribution in [3.8, 4) is 33.5 Å². The van der Waals surface area contributed by atoms with Gasteiger partial charge in [0, 0.05) is 23.9 Å². The van der Waals surface area contributed by atoms with Gasteiger partial charge in [0.05, 0.1) is 28.5 Å². The zero-order valence-electron chi connectivity index (χ0n) is 23.3. The van der Waals surface area contributed by atoms with Gasteiger partial charge in [-0.25, -0.2) is 15.0 Å². The summed E-state index contributed by atoms with van der Waals surface area (Å²) in [6, 6.07) is 16.3. The van der Waals surface area contributed by atoms with E-state index in [1.54, 1.807) is 53.6 Å². The number of anilines is 3. The van der Waals surface area contributed by atoms with E-state index < -0.39 is 18.1 Å². The SMILES string of the molecule is O=C1CCCN1c1ncc(-c2ccc(Oc3ncc(NC(O)Nc4cc(C(F)(F)F)c[n+](O)c4-c4ccccc4)cn3)cc2)s1. The number of aliphatic hydroxyl groups excluding tert-OH is 1. The molecule has 0 aliphatic carbocycles. The van der Waals surface area contributed by atoms with E-state index in [4.69, 9.17) is 4.74 Å². The van der Waals surface area contributed by atoms with Crippen molar-refractivity contribution >= 4 is 33.8 Å². The summed E-state index contributed by atoms with van der Waals surface area (Å²) in [4.78, 5) is 27.2. The fourth-order valence-corrected chi connectivity index (χ4v) is 5.65. The Kier molecular flexibility index (Phi) is 8.19. The summed E-state index contributed by atoms with van der Waals surface area (Å²) in [5.74, 6) is 0.551. The lowest BCUT2D eigenvalue weighted by atomic mass is 10.1. The van der Waals surface area contributed by atoms with Crippen molar-refractivity contribution in [1.82, 2.24) is 15.0 Å². The number of carbonyl (C=O) groups is 1. The number of hydrogen-bond donors (Lipinski definition) is 4. The van der Waals surface area contributed by atoms with Crippen LogP contribution in [-0.2, 0) is 11.0 Å². The van der Waals surface area contributed by atoms with Gasteiger partial charge < -0.3 is 20.5 Å². The predicted molar refractivity (Wildman–Crippen MR) is 159 cm³/mol. The smallest absolute Gasteiger partial charge is 0.422 e. The number of alkyl halides is 3. The van der Waals surface area contributed by atoms with Crippen molar-refractivity contribution in [2.45, 2.75) is 25.4 Å². The summed E-state index contributed by atoms with van der Waals surface area (Å²) in [5, 5.41) is 26.9. The molecule has 1 aliphatic heterocycles. The third-order valence-electron chi connectivity index (χ3n) is 6.79.